The molecule has 1 atom stereocenters. The fourth-order valence-electron chi connectivity index (χ4n) is 2.11. The molecular formula is C17H20N2O2. The number of nitrogens with two attached hydrogens (primary N) is 1. The van der Waals surface area contributed by atoms with Crippen molar-refractivity contribution in [1.82, 2.24) is 0 Å². The molecule has 0 radical (unpaired) electrons. The van der Waals surface area contributed by atoms with E-state index < -0.39 is 11.9 Å². The Bertz CT molecular complexity index is 591. The van der Waals surface area contributed by atoms with E-state index in [2.05, 4.69) is 5.32 Å². The van der Waals surface area contributed by atoms with Crippen LogP contribution in [0.25, 0.3) is 0 Å². The number of anilines is 1. The topological polar surface area (TPSA) is 64.3 Å². The molecule has 3 N–H and O–H groups in total. The van der Waals surface area contributed by atoms with Crippen molar-refractivity contribution >= 4 is 11.6 Å². The number of primary amides is 1. The maximum atomic E-state index is 11.7. The van der Waals surface area contributed by atoms with Crippen molar-refractivity contribution in [2.24, 2.45) is 5.73 Å². The number of hydrogen-bond donors (Lipinski definition) is 2. The number of carbonyl (C=O) groups excluding carboxylic acids is 1. The summed E-state index contributed by atoms with van der Waals surface area (Å²) >= 11 is 0. The summed E-state index contributed by atoms with van der Waals surface area (Å²) in [5.74, 6) is -0.407. The number of methoxy groups -OCH3 is 1. The Kier molecular flexibility index (Phi) is 4.95. The standard InChI is InChI=1S/C17H20N2O2/c1-12-3-9-15(10-4-12)19-16(17(18)20)14-7-5-13(6-8-14)11-21-2/h3-10,16,19H,11H2,1-2H3,(H2,18,20). The van der Waals surface area contributed by atoms with Crippen molar-refractivity contribution in [3.05, 3.63) is 65.2 Å². The zero-order chi connectivity index (χ0) is 15.2. The van der Waals surface area contributed by atoms with E-state index in [-0.39, 0.29) is 0 Å². The maximum absolute atomic E-state index is 11.7. The predicted octanol–water partition coefficient (Wildman–Crippen LogP) is 2.78. The largest absolute Gasteiger partial charge is 0.380 e. The first-order valence-electron chi connectivity index (χ1n) is 6.80. The van der Waals surface area contributed by atoms with Gasteiger partial charge >= 0.3 is 0 Å². The van der Waals surface area contributed by atoms with Gasteiger partial charge in [-0.15, -0.1) is 0 Å². The van der Waals surface area contributed by atoms with Crippen molar-refractivity contribution in [2.45, 2.75) is 19.6 Å². The molecule has 0 bridgehead atoms. The molecular weight excluding hydrogens is 264 g/mol. The van der Waals surface area contributed by atoms with Crippen molar-refractivity contribution in [1.29, 1.82) is 0 Å². The number of rotatable bonds is 6. The summed E-state index contributed by atoms with van der Waals surface area (Å²) in [6.45, 7) is 2.57. The lowest BCUT2D eigenvalue weighted by molar-refractivity contribution is -0.118. The minimum Gasteiger partial charge on any atom is -0.380 e. The second-order valence-corrected chi connectivity index (χ2v) is 5.02. The van der Waals surface area contributed by atoms with Crippen LogP contribution in [0, 0.1) is 6.92 Å². The monoisotopic (exact) mass is 284 g/mol. The number of hydrogen-bond acceptors (Lipinski definition) is 3. The Hall–Kier alpha value is -2.33. The number of ether oxygens (including phenoxy) is 1. The Morgan fingerprint density at radius 3 is 2.29 bits per heavy atom. The molecule has 0 aliphatic carbocycles. The lowest BCUT2D eigenvalue weighted by atomic mass is 10.0. The minimum atomic E-state index is -0.552. The van der Waals surface area contributed by atoms with Gasteiger partial charge in [0.15, 0.2) is 0 Å². The van der Waals surface area contributed by atoms with Crippen LogP contribution < -0.4 is 11.1 Å². The highest BCUT2D eigenvalue weighted by Gasteiger charge is 2.17. The van der Waals surface area contributed by atoms with Gasteiger partial charge in [0.05, 0.1) is 6.61 Å². The van der Waals surface area contributed by atoms with E-state index in [1.54, 1.807) is 7.11 Å². The van der Waals surface area contributed by atoms with Crippen LogP contribution in [0.15, 0.2) is 48.5 Å². The molecule has 110 valence electrons. The lowest BCUT2D eigenvalue weighted by Gasteiger charge is -2.17. The van der Waals surface area contributed by atoms with E-state index in [1.807, 2.05) is 55.5 Å². The highest BCUT2D eigenvalue weighted by atomic mass is 16.5. The third-order valence-corrected chi connectivity index (χ3v) is 3.27. The van der Waals surface area contributed by atoms with Crippen LogP contribution in [0.5, 0.6) is 0 Å². The zero-order valence-electron chi connectivity index (χ0n) is 12.3. The molecule has 21 heavy (non-hydrogen) atoms. The van der Waals surface area contributed by atoms with Crippen LogP contribution in [0.3, 0.4) is 0 Å². The number of amides is 1. The average Bonchev–Trinajstić information content (AvgIpc) is 2.48. The second-order valence-electron chi connectivity index (χ2n) is 5.02. The van der Waals surface area contributed by atoms with Gasteiger partial charge in [-0.2, -0.15) is 0 Å². The smallest absolute Gasteiger partial charge is 0.244 e. The first-order valence-corrected chi connectivity index (χ1v) is 6.80. The number of benzene rings is 2. The summed E-state index contributed by atoms with van der Waals surface area (Å²) in [6, 6.07) is 15.0. The quantitative estimate of drug-likeness (QED) is 0.857. The molecule has 0 saturated heterocycles. The Labute approximate surface area is 124 Å². The molecule has 0 saturated carbocycles. The molecule has 0 fully saturated rings. The Morgan fingerprint density at radius 2 is 1.76 bits per heavy atom. The van der Waals surface area contributed by atoms with Gasteiger partial charge < -0.3 is 15.8 Å². The number of carbonyl (C=O) groups is 1. The van der Waals surface area contributed by atoms with Crippen LogP contribution in [-0.4, -0.2) is 13.0 Å². The van der Waals surface area contributed by atoms with Gasteiger partial charge in [0.2, 0.25) is 5.91 Å². The number of aryl methyl sites for hydroxylation is 1. The van der Waals surface area contributed by atoms with E-state index in [0.717, 1.165) is 16.8 Å². The van der Waals surface area contributed by atoms with E-state index in [4.69, 9.17) is 10.5 Å². The highest BCUT2D eigenvalue weighted by molar-refractivity contribution is 5.84. The van der Waals surface area contributed by atoms with E-state index in [0.29, 0.717) is 6.61 Å². The third kappa shape index (κ3) is 4.07. The third-order valence-electron chi connectivity index (χ3n) is 3.27. The van der Waals surface area contributed by atoms with Gasteiger partial charge in [0.1, 0.15) is 6.04 Å². The molecule has 1 amide bonds. The normalized spacial score (nSPS) is 11.9. The van der Waals surface area contributed by atoms with Crippen LogP contribution in [-0.2, 0) is 16.1 Å². The summed E-state index contributed by atoms with van der Waals surface area (Å²) in [6.07, 6.45) is 0. The second kappa shape index (κ2) is 6.90. The lowest BCUT2D eigenvalue weighted by Crippen LogP contribution is -2.27. The molecule has 2 aromatic rings. The summed E-state index contributed by atoms with van der Waals surface area (Å²) in [5, 5.41) is 3.17. The van der Waals surface area contributed by atoms with Gasteiger partial charge in [-0.3, -0.25) is 4.79 Å². The Balaban J connectivity index is 2.18. The Morgan fingerprint density at radius 1 is 1.14 bits per heavy atom. The molecule has 0 heterocycles. The molecule has 2 aromatic carbocycles. The number of nitrogens with one attached hydrogen (secondary N) is 1. The minimum absolute atomic E-state index is 0.407. The molecule has 1 unspecified atom stereocenters. The summed E-state index contributed by atoms with van der Waals surface area (Å²) in [5.41, 5.74) is 9.44. The molecule has 0 spiro atoms. The van der Waals surface area contributed by atoms with Crippen molar-refractivity contribution in [3.63, 3.8) is 0 Å². The van der Waals surface area contributed by atoms with E-state index in [9.17, 15) is 4.79 Å². The van der Waals surface area contributed by atoms with E-state index in [1.165, 1.54) is 5.56 Å². The SMILES string of the molecule is COCc1ccc(C(Nc2ccc(C)cc2)C(N)=O)cc1. The highest BCUT2D eigenvalue weighted by Crippen LogP contribution is 2.20. The van der Waals surface area contributed by atoms with Crippen LogP contribution in [0.2, 0.25) is 0 Å². The van der Waals surface area contributed by atoms with Gasteiger partial charge in [-0.1, -0.05) is 42.0 Å². The fraction of sp³-hybridized carbons (Fsp3) is 0.235. The molecule has 0 aliphatic rings. The van der Waals surface area contributed by atoms with Gasteiger partial charge in [-0.25, -0.2) is 0 Å². The molecule has 0 aliphatic heterocycles. The first-order chi connectivity index (χ1) is 10.1. The zero-order valence-corrected chi connectivity index (χ0v) is 12.3. The van der Waals surface area contributed by atoms with Crippen molar-refractivity contribution in [2.75, 3.05) is 12.4 Å². The predicted molar refractivity (Wildman–Crippen MR) is 83.9 cm³/mol. The van der Waals surface area contributed by atoms with Gasteiger partial charge in [-0.05, 0) is 30.2 Å². The average molecular weight is 284 g/mol. The summed E-state index contributed by atoms with van der Waals surface area (Å²) in [4.78, 5) is 11.7. The van der Waals surface area contributed by atoms with Gasteiger partial charge in [0, 0.05) is 12.8 Å². The van der Waals surface area contributed by atoms with Crippen LogP contribution in [0.4, 0.5) is 5.69 Å². The van der Waals surface area contributed by atoms with Crippen LogP contribution >= 0.6 is 0 Å². The maximum Gasteiger partial charge on any atom is 0.244 e. The van der Waals surface area contributed by atoms with Gasteiger partial charge in [0.25, 0.3) is 0 Å². The van der Waals surface area contributed by atoms with Crippen molar-refractivity contribution in [3.8, 4) is 0 Å². The van der Waals surface area contributed by atoms with E-state index >= 15 is 0 Å². The molecule has 4 nitrogen and oxygen atoms in total. The summed E-state index contributed by atoms with van der Waals surface area (Å²) < 4.78 is 5.08. The molecule has 2 rings (SSSR count). The fourth-order valence-corrected chi connectivity index (χ4v) is 2.11. The molecule has 4 heteroatoms. The first kappa shape index (κ1) is 15.1. The molecule has 0 aromatic heterocycles. The summed E-state index contributed by atoms with van der Waals surface area (Å²) in [7, 11) is 1.65. The van der Waals surface area contributed by atoms with Crippen molar-refractivity contribution < 1.29 is 9.53 Å². The van der Waals surface area contributed by atoms with Crippen LogP contribution in [0.1, 0.15) is 22.7 Å².